The Morgan fingerprint density at radius 3 is 2.71 bits per heavy atom. The summed E-state index contributed by atoms with van der Waals surface area (Å²) in [7, 11) is 0. The molecule has 2 N–H and O–H groups in total. The molecule has 0 aliphatic heterocycles. The Bertz CT molecular complexity index is 295. The summed E-state index contributed by atoms with van der Waals surface area (Å²) in [6, 6.07) is 9.85. The smallest absolute Gasteiger partial charge is 0.170 e. The van der Waals surface area contributed by atoms with Crippen molar-refractivity contribution in [3.05, 3.63) is 43.0 Å². The van der Waals surface area contributed by atoms with E-state index in [1.807, 2.05) is 36.4 Å². The van der Waals surface area contributed by atoms with Crippen molar-refractivity contribution in [2.24, 2.45) is 0 Å². The normalized spacial score (nSPS) is 9.14. The van der Waals surface area contributed by atoms with Gasteiger partial charge in [-0.3, -0.25) is 0 Å². The van der Waals surface area contributed by atoms with E-state index in [4.69, 9.17) is 12.2 Å². The van der Waals surface area contributed by atoms with E-state index < -0.39 is 0 Å². The van der Waals surface area contributed by atoms with Gasteiger partial charge in [0.2, 0.25) is 0 Å². The van der Waals surface area contributed by atoms with Gasteiger partial charge in [-0.1, -0.05) is 24.3 Å². The van der Waals surface area contributed by atoms with Gasteiger partial charge >= 0.3 is 0 Å². The van der Waals surface area contributed by atoms with Crippen LogP contribution in [-0.2, 0) is 0 Å². The van der Waals surface area contributed by atoms with Gasteiger partial charge in [-0.25, -0.2) is 0 Å². The molecule has 2 nitrogen and oxygen atoms in total. The highest BCUT2D eigenvalue weighted by Gasteiger charge is 1.94. The number of hydrogen-bond donors (Lipinski definition) is 2. The number of rotatable bonds is 4. The van der Waals surface area contributed by atoms with Crippen LogP contribution in [0.1, 0.15) is 6.42 Å². The lowest BCUT2D eigenvalue weighted by molar-refractivity contribution is 0.899. The van der Waals surface area contributed by atoms with Crippen LogP contribution >= 0.6 is 12.2 Å². The minimum atomic E-state index is 0.651. The van der Waals surface area contributed by atoms with Gasteiger partial charge in [-0.2, -0.15) is 0 Å². The van der Waals surface area contributed by atoms with Gasteiger partial charge in [0.15, 0.2) is 5.11 Å². The molecule has 0 aliphatic rings. The average molecular weight is 206 g/mol. The van der Waals surface area contributed by atoms with Crippen molar-refractivity contribution in [1.29, 1.82) is 0 Å². The zero-order valence-electron chi connectivity index (χ0n) is 7.99. The molecule has 1 rings (SSSR count). The molecular formula is C11H14N2S. The maximum absolute atomic E-state index is 5.09. The first-order valence-electron chi connectivity index (χ1n) is 4.53. The summed E-state index contributed by atoms with van der Waals surface area (Å²) in [5.41, 5.74) is 1.00. The molecular weight excluding hydrogens is 192 g/mol. The van der Waals surface area contributed by atoms with E-state index >= 15 is 0 Å². The van der Waals surface area contributed by atoms with Crippen LogP contribution in [0.25, 0.3) is 0 Å². The summed E-state index contributed by atoms with van der Waals surface area (Å²) < 4.78 is 0. The van der Waals surface area contributed by atoms with E-state index in [0.29, 0.717) is 5.11 Å². The lowest BCUT2D eigenvalue weighted by atomic mass is 10.3. The molecule has 1 aromatic rings. The third kappa shape index (κ3) is 4.05. The largest absolute Gasteiger partial charge is 0.362 e. The van der Waals surface area contributed by atoms with E-state index in [2.05, 4.69) is 17.2 Å². The predicted molar refractivity (Wildman–Crippen MR) is 65.5 cm³/mol. The Hall–Kier alpha value is -1.35. The first-order valence-corrected chi connectivity index (χ1v) is 4.94. The standard InChI is InChI=1S/C11H14N2S/c1-2-3-9-12-11(14)13-10-7-5-4-6-8-10/h2,4-8H,1,3,9H2,(H2,12,13,14). The highest BCUT2D eigenvalue weighted by molar-refractivity contribution is 7.80. The maximum atomic E-state index is 5.09. The molecule has 3 heteroatoms. The van der Waals surface area contributed by atoms with Crippen molar-refractivity contribution in [2.75, 3.05) is 11.9 Å². The third-order valence-corrected chi connectivity index (χ3v) is 1.91. The lowest BCUT2D eigenvalue weighted by Crippen LogP contribution is -2.28. The molecule has 0 saturated heterocycles. The van der Waals surface area contributed by atoms with Gasteiger partial charge in [0.25, 0.3) is 0 Å². The summed E-state index contributed by atoms with van der Waals surface area (Å²) in [4.78, 5) is 0. The summed E-state index contributed by atoms with van der Waals surface area (Å²) >= 11 is 5.09. The van der Waals surface area contributed by atoms with Gasteiger partial charge < -0.3 is 10.6 Å². The second-order valence-electron chi connectivity index (χ2n) is 2.82. The van der Waals surface area contributed by atoms with Crippen LogP contribution in [0.3, 0.4) is 0 Å². The molecule has 0 unspecified atom stereocenters. The predicted octanol–water partition coefficient (Wildman–Crippen LogP) is 2.55. The lowest BCUT2D eigenvalue weighted by Gasteiger charge is -2.08. The van der Waals surface area contributed by atoms with Crippen LogP contribution in [-0.4, -0.2) is 11.7 Å². The molecule has 74 valence electrons. The van der Waals surface area contributed by atoms with Crippen molar-refractivity contribution >= 4 is 23.0 Å². The minimum Gasteiger partial charge on any atom is -0.362 e. The van der Waals surface area contributed by atoms with Gasteiger partial charge in [-0.05, 0) is 30.8 Å². The molecule has 0 aliphatic carbocycles. The van der Waals surface area contributed by atoms with Crippen LogP contribution in [0.5, 0.6) is 0 Å². The van der Waals surface area contributed by atoms with Gasteiger partial charge in [0.1, 0.15) is 0 Å². The van der Waals surface area contributed by atoms with Crippen molar-refractivity contribution in [1.82, 2.24) is 5.32 Å². The van der Waals surface area contributed by atoms with Crippen LogP contribution in [0.15, 0.2) is 43.0 Å². The molecule has 0 amide bonds. The molecule has 0 spiro atoms. The van der Waals surface area contributed by atoms with Crippen molar-refractivity contribution in [2.45, 2.75) is 6.42 Å². The number of thiocarbonyl (C=S) groups is 1. The Balaban J connectivity index is 2.31. The molecule has 0 atom stereocenters. The van der Waals surface area contributed by atoms with E-state index in [1.54, 1.807) is 0 Å². The van der Waals surface area contributed by atoms with Crippen molar-refractivity contribution in [3.63, 3.8) is 0 Å². The van der Waals surface area contributed by atoms with E-state index in [0.717, 1.165) is 18.7 Å². The average Bonchev–Trinajstić information content (AvgIpc) is 2.20. The maximum Gasteiger partial charge on any atom is 0.170 e. The zero-order valence-corrected chi connectivity index (χ0v) is 8.81. The second kappa shape index (κ2) is 6.16. The fourth-order valence-electron chi connectivity index (χ4n) is 0.985. The van der Waals surface area contributed by atoms with Crippen LogP contribution in [0, 0.1) is 0 Å². The Labute approximate surface area is 90.0 Å². The summed E-state index contributed by atoms with van der Waals surface area (Å²) in [6.45, 7) is 4.46. The van der Waals surface area contributed by atoms with Gasteiger partial charge in [-0.15, -0.1) is 6.58 Å². The number of hydrogen-bond acceptors (Lipinski definition) is 1. The fraction of sp³-hybridized carbons (Fsp3) is 0.182. The SMILES string of the molecule is C=CCCNC(=S)Nc1ccccc1. The molecule has 0 radical (unpaired) electrons. The van der Waals surface area contributed by atoms with Crippen molar-refractivity contribution in [3.8, 4) is 0 Å². The molecule has 14 heavy (non-hydrogen) atoms. The highest BCUT2D eigenvalue weighted by atomic mass is 32.1. The molecule has 0 fully saturated rings. The van der Waals surface area contributed by atoms with Crippen LogP contribution in [0.4, 0.5) is 5.69 Å². The first-order chi connectivity index (χ1) is 6.83. The summed E-state index contributed by atoms with van der Waals surface area (Å²) in [6.07, 6.45) is 2.77. The third-order valence-electron chi connectivity index (χ3n) is 1.67. The quantitative estimate of drug-likeness (QED) is 0.450. The Morgan fingerprint density at radius 1 is 1.36 bits per heavy atom. The van der Waals surface area contributed by atoms with Gasteiger partial charge in [0, 0.05) is 12.2 Å². The molecule has 0 aromatic heterocycles. The van der Waals surface area contributed by atoms with Crippen molar-refractivity contribution < 1.29 is 0 Å². The number of nitrogens with one attached hydrogen (secondary N) is 2. The molecule has 0 saturated carbocycles. The zero-order chi connectivity index (χ0) is 10.2. The molecule has 0 heterocycles. The van der Waals surface area contributed by atoms with Gasteiger partial charge in [0.05, 0.1) is 0 Å². The minimum absolute atomic E-state index is 0.651. The molecule has 0 bridgehead atoms. The summed E-state index contributed by atoms with van der Waals surface area (Å²) in [5.74, 6) is 0. The second-order valence-corrected chi connectivity index (χ2v) is 3.23. The Kier molecular flexibility index (Phi) is 4.72. The van der Waals surface area contributed by atoms with Crippen LogP contribution < -0.4 is 10.6 Å². The topological polar surface area (TPSA) is 24.1 Å². The number of anilines is 1. The molecule has 1 aromatic carbocycles. The summed E-state index contributed by atoms with van der Waals surface area (Å²) in [5, 5.41) is 6.82. The van der Waals surface area contributed by atoms with E-state index in [-0.39, 0.29) is 0 Å². The van der Waals surface area contributed by atoms with E-state index in [1.165, 1.54) is 0 Å². The number of para-hydroxylation sites is 1. The highest BCUT2D eigenvalue weighted by Crippen LogP contribution is 2.03. The Morgan fingerprint density at radius 2 is 2.07 bits per heavy atom. The fourth-order valence-corrected chi connectivity index (χ4v) is 1.20. The van der Waals surface area contributed by atoms with E-state index in [9.17, 15) is 0 Å². The first kappa shape index (κ1) is 10.7. The van der Waals surface area contributed by atoms with Crippen LogP contribution in [0.2, 0.25) is 0 Å². The number of benzene rings is 1. The monoisotopic (exact) mass is 206 g/mol.